The summed E-state index contributed by atoms with van der Waals surface area (Å²) in [6, 6.07) is 14.3. The second-order valence-corrected chi connectivity index (χ2v) is 5.24. The molecule has 3 rings (SSSR count). The van der Waals surface area contributed by atoms with E-state index in [0.29, 0.717) is 0 Å². The van der Waals surface area contributed by atoms with E-state index in [-0.39, 0.29) is 4.83 Å². The zero-order valence-corrected chi connectivity index (χ0v) is 11.3. The Hall–Kier alpha value is -1.68. The monoisotopic (exact) mass is 301 g/mol. The molecule has 0 radical (unpaired) electrons. The van der Waals surface area contributed by atoms with Crippen LogP contribution in [0.25, 0.3) is 5.65 Å². The Balaban J connectivity index is 1.83. The first-order chi connectivity index (χ1) is 8.83. The van der Waals surface area contributed by atoms with Crippen LogP contribution in [0.5, 0.6) is 0 Å². The molecule has 4 heteroatoms. The summed E-state index contributed by atoms with van der Waals surface area (Å²) in [6.07, 6.45) is 4.57. The van der Waals surface area contributed by atoms with Crippen molar-refractivity contribution < 1.29 is 0 Å². The minimum absolute atomic E-state index is 0.288. The highest BCUT2D eigenvalue weighted by molar-refractivity contribution is 9.09. The number of benzene rings is 1. The maximum absolute atomic E-state index is 4.57. The van der Waals surface area contributed by atoms with Gasteiger partial charge in [0.1, 0.15) is 0 Å². The summed E-state index contributed by atoms with van der Waals surface area (Å²) in [5.74, 6) is 0. The van der Waals surface area contributed by atoms with Gasteiger partial charge < -0.3 is 0 Å². The Bertz CT molecular complexity index is 648. The second kappa shape index (κ2) is 4.90. The lowest BCUT2D eigenvalue weighted by Crippen LogP contribution is -2.00. The zero-order valence-electron chi connectivity index (χ0n) is 9.70. The van der Waals surface area contributed by atoms with E-state index >= 15 is 0 Å². The number of fused-ring (bicyclic) bond motifs is 1. The van der Waals surface area contributed by atoms with Crippen LogP contribution in [0.15, 0.2) is 54.9 Å². The number of hydrogen-bond donors (Lipinski definition) is 0. The van der Waals surface area contributed by atoms with Gasteiger partial charge in [-0.25, -0.2) is 9.50 Å². The van der Waals surface area contributed by atoms with Gasteiger partial charge in [0.15, 0.2) is 5.65 Å². The van der Waals surface area contributed by atoms with Crippen LogP contribution < -0.4 is 0 Å². The summed E-state index contributed by atoms with van der Waals surface area (Å²) in [7, 11) is 0. The van der Waals surface area contributed by atoms with Crippen LogP contribution in [0.1, 0.15) is 16.1 Å². The largest absolute Gasteiger partial charge is 0.234 e. The van der Waals surface area contributed by atoms with Gasteiger partial charge >= 0.3 is 0 Å². The van der Waals surface area contributed by atoms with Gasteiger partial charge in [0.05, 0.1) is 6.20 Å². The first-order valence-electron chi connectivity index (χ1n) is 5.81. The van der Waals surface area contributed by atoms with Crippen LogP contribution in [-0.4, -0.2) is 14.6 Å². The lowest BCUT2D eigenvalue weighted by molar-refractivity contribution is 0.871. The summed E-state index contributed by atoms with van der Waals surface area (Å²) in [4.78, 5) is 4.86. The van der Waals surface area contributed by atoms with Crippen LogP contribution in [0, 0.1) is 0 Å². The molecule has 18 heavy (non-hydrogen) atoms. The Morgan fingerprint density at radius 3 is 2.78 bits per heavy atom. The molecule has 0 fully saturated rings. The fraction of sp³-hybridized carbons (Fsp3) is 0.143. The molecule has 2 aromatic heterocycles. The number of aromatic nitrogens is 3. The van der Waals surface area contributed by atoms with Gasteiger partial charge in [0, 0.05) is 29.2 Å². The fourth-order valence-corrected chi connectivity index (χ4v) is 2.57. The lowest BCUT2D eigenvalue weighted by Gasteiger charge is -2.09. The van der Waals surface area contributed by atoms with Crippen molar-refractivity contribution in [1.29, 1.82) is 0 Å². The van der Waals surface area contributed by atoms with E-state index in [0.717, 1.165) is 17.8 Å². The number of hydrogen-bond acceptors (Lipinski definition) is 2. The summed E-state index contributed by atoms with van der Waals surface area (Å²) in [6.45, 7) is 0. The van der Waals surface area contributed by atoms with Crippen molar-refractivity contribution in [3.8, 4) is 0 Å². The topological polar surface area (TPSA) is 30.2 Å². The summed E-state index contributed by atoms with van der Waals surface area (Å²) >= 11 is 3.72. The van der Waals surface area contributed by atoms with Crippen LogP contribution in [-0.2, 0) is 6.42 Å². The number of rotatable bonds is 3. The molecular formula is C14H12BrN3. The van der Waals surface area contributed by atoms with Crippen molar-refractivity contribution in [2.75, 3.05) is 0 Å². The highest BCUT2D eigenvalue weighted by Gasteiger charge is 2.09. The molecule has 0 aliphatic heterocycles. The molecule has 1 atom stereocenters. The van der Waals surface area contributed by atoms with Crippen molar-refractivity contribution >= 4 is 21.6 Å². The van der Waals surface area contributed by atoms with E-state index in [1.54, 1.807) is 10.7 Å². The molecule has 3 aromatic rings. The fourth-order valence-electron chi connectivity index (χ4n) is 1.93. The molecule has 1 aromatic carbocycles. The number of alkyl halides is 1. The first-order valence-corrected chi connectivity index (χ1v) is 6.73. The standard InChI is InChI=1S/C14H12BrN3/c15-13(11-4-2-1-3-5-11)10-12-7-9-18-14(17-12)6-8-16-18/h1-9,13H,10H2. The molecule has 0 aliphatic rings. The number of nitrogens with zero attached hydrogens (tertiary/aromatic N) is 3. The van der Waals surface area contributed by atoms with Crippen molar-refractivity contribution in [1.82, 2.24) is 14.6 Å². The van der Waals surface area contributed by atoms with Gasteiger partial charge in [-0.05, 0) is 11.6 Å². The summed E-state index contributed by atoms with van der Waals surface area (Å²) < 4.78 is 1.77. The summed E-state index contributed by atoms with van der Waals surface area (Å²) in [5.41, 5.74) is 3.22. The zero-order chi connectivity index (χ0) is 12.4. The van der Waals surface area contributed by atoms with Crippen LogP contribution in [0.3, 0.4) is 0 Å². The van der Waals surface area contributed by atoms with Crippen molar-refractivity contribution in [2.24, 2.45) is 0 Å². The molecule has 0 saturated heterocycles. The molecule has 0 amide bonds. The molecule has 1 unspecified atom stereocenters. The molecule has 0 saturated carbocycles. The Morgan fingerprint density at radius 2 is 1.94 bits per heavy atom. The smallest absolute Gasteiger partial charge is 0.155 e. The van der Waals surface area contributed by atoms with Crippen LogP contribution in [0.4, 0.5) is 0 Å². The average molecular weight is 302 g/mol. The second-order valence-electron chi connectivity index (χ2n) is 4.14. The van der Waals surface area contributed by atoms with E-state index in [4.69, 9.17) is 0 Å². The van der Waals surface area contributed by atoms with Gasteiger partial charge in [-0.1, -0.05) is 46.3 Å². The Kier molecular flexibility index (Phi) is 3.11. The third-order valence-electron chi connectivity index (χ3n) is 2.87. The van der Waals surface area contributed by atoms with E-state index in [2.05, 4.69) is 50.3 Å². The van der Waals surface area contributed by atoms with Crippen molar-refractivity contribution in [3.05, 3.63) is 66.1 Å². The summed E-state index contributed by atoms with van der Waals surface area (Å²) in [5, 5.41) is 4.14. The minimum Gasteiger partial charge on any atom is -0.234 e. The van der Waals surface area contributed by atoms with Crippen molar-refractivity contribution in [2.45, 2.75) is 11.2 Å². The van der Waals surface area contributed by atoms with Gasteiger partial charge in [0.25, 0.3) is 0 Å². The van der Waals surface area contributed by atoms with E-state index in [1.165, 1.54) is 5.56 Å². The first kappa shape index (κ1) is 11.4. The lowest BCUT2D eigenvalue weighted by atomic mass is 10.1. The molecule has 0 bridgehead atoms. The minimum atomic E-state index is 0.288. The third kappa shape index (κ3) is 2.29. The maximum Gasteiger partial charge on any atom is 0.155 e. The molecule has 2 heterocycles. The Labute approximate surface area is 114 Å². The molecule has 3 nitrogen and oxygen atoms in total. The predicted molar refractivity (Wildman–Crippen MR) is 74.8 cm³/mol. The van der Waals surface area contributed by atoms with E-state index in [9.17, 15) is 0 Å². The highest BCUT2D eigenvalue weighted by Crippen LogP contribution is 2.26. The normalized spacial score (nSPS) is 12.7. The third-order valence-corrected chi connectivity index (χ3v) is 3.72. The maximum atomic E-state index is 4.57. The predicted octanol–water partition coefficient (Wildman–Crippen LogP) is 3.41. The molecule has 0 aliphatic carbocycles. The molecule has 0 spiro atoms. The number of halogens is 1. The quantitative estimate of drug-likeness (QED) is 0.694. The highest BCUT2D eigenvalue weighted by atomic mass is 79.9. The van der Waals surface area contributed by atoms with E-state index in [1.807, 2.05) is 24.4 Å². The molecule has 90 valence electrons. The van der Waals surface area contributed by atoms with Gasteiger partial charge in [-0.3, -0.25) is 0 Å². The van der Waals surface area contributed by atoms with Gasteiger partial charge in [-0.2, -0.15) is 5.10 Å². The van der Waals surface area contributed by atoms with Crippen molar-refractivity contribution in [3.63, 3.8) is 0 Å². The van der Waals surface area contributed by atoms with Gasteiger partial charge in [0.2, 0.25) is 0 Å². The SMILES string of the molecule is BrC(Cc1ccn2nccc2n1)c1ccccc1. The Morgan fingerprint density at radius 1 is 1.11 bits per heavy atom. The van der Waals surface area contributed by atoms with Crippen LogP contribution >= 0.6 is 15.9 Å². The molecular weight excluding hydrogens is 290 g/mol. The van der Waals surface area contributed by atoms with Gasteiger partial charge in [-0.15, -0.1) is 0 Å². The van der Waals surface area contributed by atoms with E-state index < -0.39 is 0 Å². The average Bonchev–Trinajstić information content (AvgIpc) is 2.87. The molecule has 0 N–H and O–H groups in total. The van der Waals surface area contributed by atoms with Crippen LogP contribution in [0.2, 0.25) is 0 Å².